The van der Waals surface area contributed by atoms with Crippen molar-refractivity contribution in [2.45, 2.75) is 26.4 Å². The number of hydrogen-bond acceptors (Lipinski definition) is 6. The molecule has 6 rings (SSSR count). The molecule has 0 radical (unpaired) electrons. The quantitative estimate of drug-likeness (QED) is 0.201. The van der Waals surface area contributed by atoms with Crippen molar-refractivity contribution in [1.29, 1.82) is 0 Å². The molecule has 0 atom stereocenters. The van der Waals surface area contributed by atoms with Crippen LogP contribution < -0.4 is 10.3 Å². The molecule has 2 aromatic carbocycles. The van der Waals surface area contributed by atoms with E-state index in [0.717, 1.165) is 29.9 Å². The van der Waals surface area contributed by atoms with Gasteiger partial charge in [0, 0.05) is 60.6 Å². The van der Waals surface area contributed by atoms with Gasteiger partial charge in [0.1, 0.15) is 11.6 Å². The van der Waals surface area contributed by atoms with E-state index in [9.17, 15) is 4.79 Å². The highest BCUT2D eigenvalue weighted by molar-refractivity contribution is 5.71. The van der Waals surface area contributed by atoms with Crippen LogP contribution in [0.1, 0.15) is 22.6 Å². The molecule has 4 aromatic heterocycles. The third-order valence-corrected chi connectivity index (χ3v) is 7.86. The molecule has 0 aliphatic rings. The average molecular weight is 589 g/mol. The molecule has 222 valence electrons. The fourth-order valence-electron chi connectivity index (χ4n) is 5.55. The maximum absolute atomic E-state index is 15.0. The molecule has 9 heteroatoms. The number of methoxy groups -OCH3 is 1. The SMILES string of the molecule is COc1cccc(-c2c(C)n(Cc3ccccc3F)c3nc(-c4cccnc4)c(CN(C)CCc4ccccn4)n3c2=O)c1. The lowest BCUT2D eigenvalue weighted by Gasteiger charge is -2.20. The number of imidazole rings is 1. The molecule has 0 fully saturated rings. The Morgan fingerprint density at radius 3 is 2.52 bits per heavy atom. The lowest BCUT2D eigenvalue weighted by molar-refractivity contribution is 0.325. The fourth-order valence-corrected chi connectivity index (χ4v) is 5.55. The summed E-state index contributed by atoms with van der Waals surface area (Å²) in [6, 6.07) is 23.8. The number of ether oxygens (including phenoxy) is 1. The summed E-state index contributed by atoms with van der Waals surface area (Å²) < 4.78 is 24.1. The Morgan fingerprint density at radius 2 is 1.77 bits per heavy atom. The molecule has 0 spiro atoms. The van der Waals surface area contributed by atoms with Crippen LogP contribution in [-0.2, 0) is 19.5 Å². The smallest absolute Gasteiger partial charge is 0.267 e. The number of fused-ring (bicyclic) bond motifs is 1. The number of likely N-dealkylation sites (N-methyl/N-ethyl adjacent to an activating group) is 1. The van der Waals surface area contributed by atoms with Crippen molar-refractivity contribution in [2.24, 2.45) is 0 Å². The number of rotatable bonds is 10. The Balaban J connectivity index is 1.58. The van der Waals surface area contributed by atoms with Crippen LogP contribution in [0, 0.1) is 12.7 Å². The van der Waals surface area contributed by atoms with E-state index in [0.29, 0.717) is 46.2 Å². The largest absolute Gasteiger partial charge is 0.497 e. The second-order valence-electron chi connectivity index (χ2n) is 10.8. The first-order valence-corrected chi connectivity index (χ1v) is 14.5. The number of nitrogens with zero attached hydrogens (tertiary/aromatic N) is 6. The number of aromatic nitrogens is 5. The first-order valence-electron chi connectivity index (χ1n) is 14.5. The first kappa shape index (κ1) is 28.9. The number of pyridine rings is 2. The summed E-state index contributed by atoms with van der Waals surface area (Å²) in [6.07, 6.45) is 6.00. The molecule has 0 aliphatic carbocycles. The Kier molecular flexibility index (Phi) is 8.29. The van der Waals surface area contributed by atoms with Crippen LogP contribution in [-0.4, -0.2) is 49.5 Å². The topological polar surface area (TPSA) is 77.6 Å². The van der Waals surface area contributed by atoms with Gasteiger partial charge in [-0.25, -0.2) is 13.8 Å². The van der Waals surface area contributed by atoms with Crippen molar-refractivity contribution in [3.05, 3.63) is 136 Å². The summed E-state index contributed by atoms with van der Waals surface area (Å²) >= 11 is 0. The van der Waals surface area contributed by atoms with Gasteiger partial charge in [0.15, 0.2) is 0 Å². The van der Waals surface area contributed by atoms with E-state index in [1.807, 2.05) is 79.2 Å². The average Bonchev–Trinajstić information content (AvgIpc) is 3.43. The monoisotopic (exact) mass is 588 g/mol. The highest BCUT2D eigenvalue weighted by Gasteiger charge is 2.25. The third-order valence-electron chi connectivity index (χ3n) is 7.86. The van der Waals surface area contributed by atoms with Gasteiger partial charge in [-0.3, -0.25) is 14.8 Å². The molecule has 0 bridgehead atoms. The van der Waals surface area contributed by atoms with Crippen molar-refractivity contribution in [2.75, 3.05) is 20.7 Å². The highest BCUT2D eigenvalue weighted by atomic mass is 19.1. The zero-order valence-corrected chi connectivity index (χ0v) is 24.9. The van der Waals surface area contributed by atoms with E-state index in [4.69, 9.17) is 9.72 Å². The Bertz CT molecular complexity index is 1970. The van der Waals surface area contributed by atoms with Crippen LogP contribution in [0.5, 0.6) is 5.75 Å². The van der Waals surface area contributed by atoms with Crippen molar-refractivity contribution < 1.29 is 9.13 Å². The Hall–Kier alpha value is -5.15. The summed E-state index contributed by atoms with van der Waals surface area (Å²) in [5.74, 6) is 0.757. The normalized spacial score (nSPS) is 11.4. The van der Waals surface area contributed by atoms with Gasteiger partial charge in [-0.05, 0) is 62.0 Å². The van der Waals surface area contributed by atoms with Gasteiger partial charge in [0.25, 0.3) is 5.56 Å². The predicted octanol–water partition coefficient (Wildman–Crippen LogP) is 5.80. The first-order chi connectivity index (χ1) is 21.4. The van der Waals surface area contributed by atoms with Crippen LogP contribution in [0.2, 0.25) is 0 Å². The van der Waals surface area contributed by atoms with Gasteiger partial charge in [-0.1, -0.05) is 36.4 Å². The van der Waals surface area contributed by atoms with Gasteiger partial charge < -0.3 is 14.2 Å². The van der Waals surface area contributed by atoms with Gasteiger partial charge in [-0.2, -0.15) is 0 Å². The van der Waals surface area contributed by atoms with Gasteiger partial charge in [0.2, 0.25) is 5.78 Å². The standard InChI is InChI=1S/C35H33FN6O2/c1-24-32(25-11-8-14-29(20-25)44-3)34(43)42-31(23-40(2)19-16-28-13-6-7-18-38-28)33(26-12-9-17-37-21-26)39-35(42)41(24)22-27-10-4-5-15-30(27)36/h4-15,17-18,20-21H,16,19,22-23H2,1-3H3. The van der Waals surface area contributed by atoms with E-state index in [-0.39, 0.29) is 17.9 Å². The van der Waals surface area contributed by atoms with Crippen molar-refractivity contribution in [1.82, 2.24) is 28.8 Å². The second-order valence-corrected chi connectivity index (χ2v) is 10.8. The van der Waals surface area contributed by atoms with E-state index >= 15 is 4.39 Å². The van der Waals surface area contributed by atoms with Gasteiger partial charge in [-0.15, -0.1) is 0 Å². The Morgan fingerprint density at radius 1 is 0.955 bits per heavy atom. The molecular weight excluding hydrogens is 555 g/mol. The molecule has 8 nitrogen and oxygen atoms in total. The maximum Gasteiger partial charge on any atom is 0.267 e. The molecule has 44 heavy (non-hydrogen) atoms. The minimum atomic E-state index is -0.319. The van der Waals surface area contributed by atoms with E-state index < -0.39 is 0 Å². The van der Waals surface area contributed by atoms with E-state index in [1.165, 1.54) is 6.07 Å². The summed E-state index contributed by atoms with van der Waals surface area (Å²) in [5, 5.41) is 0. The number of benzene rings is 2. The molecule has 6 aromatic rings. The van der Waals surface area contributed by atoms with Gasteiger partial charge >= 0.3 is 0 Å². The molecule has 0 saturated carbocycles. The molecule has 0 saturated heterocycles. The lowest BCUT2D eigenvalue weighted by Crippen LogP contribution is -2.28. The highest BCUT2D eigenvalue weighted by Crippen LogP contribution is 2.30. The van der Waals surface area contributed by atoms with Crippen molar-refractivity contribution in [3.63, 3.8) is 0 Å². The number of halogens is 1. The summed E-state index contributed by atoms with van der Waals surface area (Å²) in [4.78, 5) is 30.6. The molecule has 0 aliphatic heterocycles. The number of hydrogen-bond donors (Lipinski definition) is 0. The maximum atomic E-state index is 15.0. The minimum absolute atomic E-state index is 0.192. The molecule has 4 heterocycles. The van der Waals surface area contributed by atoms with Crippen LogP contribution >= 0.6 is 0 Å². The molecular formula is C35H33FN6O2. The third kappa shape index (κ3) is 5.74. The fraction of sp³-hybridized carbons (Fsp3) is 0.200. The molecule has 0 amide bonds. The molecule has 0 N–H and O–H groups in total. The lowest BCUT2D eigenvalue weighted by atomic mass is 10.0. The van der Waals surface area contributed by atoms with Gasteiger partial charge in [0.05, 0.1) is 30.6 Å². The van der Waals surface area contributed by atoms with Crippen LogP contribution in [0.25, 0.3) is 28.2 Å². The Labute approximate surface area is 255 Å². The predicted molar refractivity (Wildman–Crippen MR) is 169 cm³/mol. The van der Waals surface area contributed by atoms with Crippen molar-refractivity contribution >= 4 is 5.78 Å². The van der Waals surface area contributed by atoms with Crippen LogP contribution in [0.15, 0.2) is 102 Å². The van der Waals surface area contributed by atoms with Crippen LogP contribution in [0.4, 0.5) is 4.39 Å². The van der Waals surface area contributed by atoms with E-state index in [2.05, 4.69) is 14.9 Å². The summed E-state index contributed by atoms with van der Waals surface area (Å²) in [6.45, 7) is 3.23. The van der Waals surface area contributed by atoms with E-state index in [1.54, 1.807) is 42.2 Å². The zero-order chi connectivity index (χ0) is 30.6. The zero-order valence-electron chi connectivity index (χ0n) is 24.9. The van der Waals surface area contributed by atoms with Crippen LogP contribution in [0.3, 0.4) is 0 Å². The minimum Gasteiger partial charge on any atom is -0.497 e. The van der Waals surface area contributed by atoms with Crippen molar-refractivity contribution in [3.8, 4) is 28.1 Å². The molecule has 0 unspecified atom stereocenters. The summed E-state index contributed by atoms with van der Waals surface area (Å²) in [7, 11) is 3.62. The summed E-state index contributed by atoms with van der Waals surface area (Å²) in [5.41, 5.74) is 5.36. The second kappa shape index (κ2) is 12.6.